The second-order valence-corrected chi connectivity index (χ2v) is 10.0. The van der Waals surface area contributed by atoms with Crippen molar-refractivity contribution < 1.29 is 14.3 Å². The molecule has 1 aliphatic heterocycles. The molecule has 1 saturated carbocycles. The van der Waals surface area contributed by atoms with E-state index in [-0.39, 0.29) is 17.9 Å². The van der Waals surface area contributed by atoms with Gasteiger partial charge in [0.25, 0.3) is 0 Å². The topological polar surface area (TPSA) is 98.4 Å². The zero-order chi connectivity index (χ0) is 26.1. The molecule has 2 aromatic carbocycles. The standard InChI is InChI=1S/C30H36N4O3/c1-33-29(35)37-28-10-5-9-27(28)30(22-32,24-7-3-2-4-8-24)25-15-18-34(19-16-25)17-6-20-36-26-13-11-23(21-31)12-14-26/h2-4,7-8,11-14,25,27-28H,5-6,9-10,15-20H2,1H3,(H,33,35)/t27-,28-,30?/m0/s1. The molecule has 3 atom stereocenters. The van der Waals surface area contributed by atoms with Crippen molar-refractivity contribution in [2.75, 3.05) is 33.3 Å². The zero-order valence-corrected chi connectivity index (χ0v) is 21.6. The Morgan fingerprint density at radius 1 is 1.05 bits per heavy atom. The van der Waals surface area contributed by atoms with Gasteiger partial charge in [0.2, 0.25) is 0 Å². The largest absolute Gasteiger partial charge is 0.494 e. The Morgan fingerprint density at radius 3 is 2.43 bits per heavy atom. The van der Waals surface area contributed by atoms with Crippen LogP contribution in [0.2, 0.25) is 0 Å². The quantitative estimate of drug-likeness (QED) is 0.485. The van der Waals surface area contributed by atoms with Crippen LogP contribution in [0, 0.1) is 34.5 Å². The summed E-state index contributed by atoms with van der Waals surface area (Å²) in [5.74, 6) is 0.962. The first kappa shape index (κ1) is 26.5. The van der Waals surface area contributed by atoms with Crippen LogP contribution >= 0.6 is 0 Å². The highest BCUT2D eigenvalue weighted by molar-refractivity contribution is 5.67. The molecule has 0 aromatic heterocycles. The molecule has 7 nitrogen and oxygen atoms in total. The number of benzene rings is 2. The summed E-state index contributed by atoms with van der Waals surface area (Å²) >= 11 is 0. The third-order valence-corrected chi connectivity index (χ3v) is 8.04. The fourth-order valence-corrected chi connectivity index (χ4v) is 6.21. The van der Waals surface area contributed by atoms with Crippen LogP contribution in [-0.4, -0.2) is 50.4 Å². The van der Waals surface area contributed by atoms with Crippen molar-refractivity contribution in [1.29, 1.82) is 10.5 Å². The van der Waals surface area contributed by atoms with Crippen molar-refractivity contribution in [1.82, 2.24) is 10.2 Å². The van der Waals surface area contributed by atoms with Gasteiger partial charge in [0.1, 0.15) is 11.9 Å². The molecule has 2 aromatic rings. The van der Waals surface area contributed by atoms with Gasteiger partial charge in [0, 0.05) is 19.5 Å². The lowest BCUT2D eigenvalue weighted by molar-refractivity contribution is 0.0322. The maximum Gasteiger partial charge on any atom is 0.407 e. The Balaban J connectivity index is 1.39. The number of carbonyl (C=O) groups excluding carboxylic acids is 1. The number of carbonyl (C=O) groups is 1. The van der Waals surface area contributed by atoms with Crippen LogP contribution in [0.1, 0.15) is 49.7 Å². The molecule has 2 fully saturated rings. The molecule has 7 heteroatoms. The Hall–Kier alpha value is -3.55. The lowest BCUT2D eigenvalue weighted by Gasteiger charge is -2.45. The number of likely N-dealkylation sites (tertiary alicyclic amines) is 1. The molecule has 194 valence electrons. The van der Waals surface area contributed by atoms with E-state index in [0.29, 0.717) is 12.2 Å². The number of hydrogen-bond acceptors (Lipinski definition) is 6. The van der Waals surface area contributed by atoms with E-state index in [1.54, 1.807) is 19.2 Å². The van der Waals surface area contributed by atoms with Crippen molar-refractivity contribution in [3.63, 3.8) is 0 Å². The molecule has 1 unspecified atom stereocenters. The third kappa shape index (κ3) is 6.06. The monoisotopic (exact) mass is 500 g/mol. The molecule has 4 rings (SSSR count). The van der Waals surface area contributed by atoms with Crippen LogP contribution in [0.15, 0.2) is 54.6 Å². The second kappa shape index (κ2) is 12.6. The molecule has 0 spiro atoms. The Bertz CT molecular complexity index is 1100. The highest BCUT2D eigenvalue weighted by Crippen LogP contribution is 2.50. The van der Waals surface area contributed by atoms with Crippen molar-refractivity contribution in [2.24, 2.45) is 11.8 Å². The van der Waals surface area contributed by atoms with Gasteiger partial charge >= 0.3 is 6.09 Å². The Labute approximate surface area is 220 Å². The predicted octanol–water partition coefficient (Wildman–Crippen LogP) is 5.03. The van der Waals surface area contributed by atoms with E-state index in [0.717, 1.165) is 69.5 Å². The number of nitriles is 2. The summed E-state index contributed by atoms with van der Waals surface area (Å²) in [6, 6.07) is 22.3. The number of piperidine rings is 1. The minimum atomic E-state index is -0.679. The van der Waals surface area contributed by atoms with E-state index in [1.165, 1.54) is 0 Å². The molecular formula is C30H36N4O3. The van der Waals surface area contributed by atoms with Crippen molar-refractivity contribution in [2.45, 2.75) is 50.0 Å². The summed E-state index contributed by atoms with van der Waals surface area (Å²) in [7, 11) is 1.58. The molecule has 1 saturated heterocycles. The maximum absolute atomic E-state index is 12.1. The highest BCUT2D eigenvalue weighted by Gasteiger charge is 2.53. The van der Waals surface area contributed by atoms with Crippen LogP contribution < -0.4 is 10.1 Å². The lowest BCUT2D eigenvalue weighted by atomic mass is 9.59. The predicted molar refractivity (Wildman–Crippen MR) is 141 cm³/mol. The first-order chi connectivity index (χ1) is 18.1. The number of hydrogen-bond donors (Lipinski definition) is 1. The van der Waals surface area contributed by atoms with Gasteiger partial charge < -0.3 is 19.7 Å². The van der Waals surface area contributed by atoms with Gasteiger partial charge in [-0.1, -0.05) is 30.3 Å². The zero-order valence-electron chi connectivity index (χ0n) is 21.6. The summed E-state index contributed by atoms with van der Waals surface area (Å²) < 4.78 is 11.6. The SMILES string of the molecule is CNC(=O)O[C@H]1CCC[C@@H]1C(C#N)(c1ccccc1)C1CCN(CCCOc2ccc(C#N)cc2)CC1. The van der Waals surface area contributed by atoms with Crippen molar-refractivity contribution >= 4 is 6.09 Å². The molecule has 1 aliphatic carbocycles. The highest BCUT2D eigenvalue weighted by atomic mass is 16.6. The number of ether oxygens (including phenoxy) is 2. The maximum atomic E-state index is 12.1. The number of alkyl carbamates (subject to hydrolysis) is 1. The molecular weight excluding hydrogens is 464 g/mol. The van der Waals surface area contributed by atoms with Gasteiger partial charge in [-0.25, -0.2) is 4.79 Å². The first-order valence-corrected chi connectivity index (χ1v) is 13.3. The Morgan fingerprint density at radius 2 is 1.78 bits per heavy atom. The first-order valence-electron chi connectivity index (χ1n) is 13.3. The normalized spacial score (nSPS) is 21.8. The lowest BCUT2D eigenvalue weighted by Crippen LogP contribution is -2.50. The second-order valence-electron chi connectivity index (χ2n) is 10.0. The number of nitrogens with one attached hydrogen (secondary N) is 1. The average molecular weight is 501 g/mol. The summed E-state index contributed by atoms with van der Waals surface area (Å²) in [5.41, 5.74) is 0.994. The molecule has 1 N–H and O–H groups in total. The van der Waals surface area contributed by atoms with Crippen LogP contribution in [-0.2, 0) is 10.2 Å². The molecule has 0 bridgehead atoms. The van der Waals surface area contributed by atoms with E-state index in [4.69, 9.17) is 14.7 Å². The number of amides is 1. The summed E-state index contributed by atoms with van der Waals surface area (Å²) in [6.07, 6.45) is 4.75. The van der Waals surface area contributed by atoms with E-state index in [2.05, 4.69) is 34.5 Å². The fraction of sp³-hybridized carbons (Fsp3) is 0.500. The van der Waals surface area contributed by atoms with Gasteiger partial charge in [-0.2, -0.15) is 10.5 Å². The van der Waals surface area contributed by atoms with Crippen LogP contribution in [0.5, 0.6) is 5.75 Å². The van der Waals surface area contributed by atoms with Crippen molar-refractivity contribution in [3.05, 3.63) is 65.7 Å². The van der Waals surface area contributed by atoms with Crippen molar-refractivity contribution in [3.8, 4) is 17.9 Å². The molecule has 0 radical (unpaired) electrons. The van der Waals surface area contributed by atoms with E-state index >= 15 is 0 Å². The Kier molecular flexibility index (Phi) is 9.04. The fourth-order valence-electron chi connectivity index (χ4n) is 6.21. The van der Waals surface area contributed by atoms with E-state index in [9.17, 15) is 10.1 Å². The summed E-state index contributed by atoms with van der Waals surface area (Å²) in [4.78, 5) is 14.5. The van der Waals surface area contributed by atoms with E-state index < -0.39 is 11.5 Å². The average Bonchev–Trinajstić information content (AvgIpc) is 3.41. The number of nitrogens with zero attached hydrogens (tertiary/aromatic N) is 3. The van der Waals surface area contributed by atoms with Gasteiger partial charge in [0.05, 0.1) is 29.7 Å². The van der Waals surface area contributed by atoms with Gasteiger partial charge in [-0.05, 0) is 87.4 Å². The molecule has 2 aliphatic rings. The summed E-state index contributed by atoms with van der Waals surface area (Å²) in [6.45, 7) is 3.44. The van der Waals surface area contributed by atoms with Gasteiger partial charge in [-0.3, -0.25) is 0 Å². The smallest absolute Gasteiger partial charge is 0.407 e. The summed E-state index contributed by atoms with van der Waals surface area (Å²) in [5, 5.41) is 22.3. The number of rotatable bonds is 9. The molecule has 1 amide bonds. The minimum absolute atomic E-state index is 0.0189. The molecule has 1 heterocycles. The van der Waals surface area contributed by atoms with Crippen LogP contribution in [0.3, 0.4) is 0 Å². The minimum Gasteiger partial charge on any atom is -0.494 e. The van der Waals surface area contributed by atoms with Crippen LogP contribution in [0.25, 0.3) is 0 Å². The van der Waals surface area contributed by atoms with Gasteiger partial charge in [-0.15, -0.1) is 0 Å². The van der Waals surface area contributed by atoms with E-state index in [1.807, 2.05) is 30.3 Å². The third-order valence-electron chi connectivity index (χ3n) is 8.04. The van der Waals surface area contributed by atoms with Crippen LogP contribution in [0.4, 0.5) is 4.79 Å². The molecule has 37 heavy (non-hydrogen) atoms. The van der Waals surface area contributed by atoms with Gasteiger partial charge in [0.15, 0.2) is 0 Å².